The Labute approximate surface area is 234 Å². The van der Waals surface area contributed by atoms with Crippen LogP contribution in [0.2, 0.25) is 0 Å². The Hall–Kier alpha value is -2.73. The van der Waals surface area contributed by atoms with Crippen LogP contribution in [-0.2, 0) is 11.0 Å². The van der Waals surface area contributed by atoms with Crippen LogP contribution in [0.3, 0.4) is 0 Å². The number of aliphatic carboxylic acids is 1. The Bertz CT molecular complexity index is 1240. The molecule has 1 spiro atoms. The summed E-state index contributed by atoms with van der Waals surface area (Å²) in [5.41, 5.74) is -1.80. The minimum Gasteiger partial charge on any atom is -0.481 e. The molecule has 2 aliphatic carbocycles. The van der Waals surface area contributed by atoms with Crippen LogP contribution >= 0.6 is 12.4 Å². The standard InChI is InChI=1S/C27H31F5N4O3.ClH/c28-26(29)11-10-25(26)15-35(16-25)12-9-17(13-23(37)38)33-24(39)21-14-22(36(34-21)18-5-1-2-6-18)19-7-3-4-8-20(19)27(30,31)32;/h3-4,7-8,14,17-18H,1-2,5-6,9-13,15-16H2,(H,33,39)(H,37,38);1H. The predicted octanol–water partition coefficient (Wildman–Crippen LogP) is 5.80. The van der Waals surface area contributed by atoms with Crippen molar-refractivity contribution in [3.63, 3.8) is 0 Å². The van der Waals surface area contributed by atoms with E-state index in [2.05, 4.69) is 10.4 Å². The number of hydrogen-bond donors (Lipinski definition) is 2. The first-order valence-electron chi connectivity index (χ1n) is 13.3. The zero-order valence-corrected chi connectivity index (χ0v) is 22.5. The topological polar surface area (TPSA) is 87.5 Å². The van der Waals surface area contributed by atoms with E-state index in [-0.39, 0.29) is 67.8 Å². The van der Waals surface area contributed by atoms with Gasteiger partial charge in [-0.3, -0.25) is 14.3 Å². The van der Waals surface area contributed by atoms with Gasteiger partial charge in [-0.15, -0.1) is 12.4 Å². The normalized spacial score (nSPS) is 20.8. The van der Waals surface area contributed by atoms with E-state index in [9.17, 15) is 36.6 Å². The molecule has 1 aliphatic heterocycles. The maximum Gasteiger partial charge on any atom is 0.417 e. The van der Waals surface area contributed by atoms with Crippen molar-refractivity contribution in [2.75, 3.05) is 19.6 Å². The second-order valence-electron chi connectivity index (χ2n) is 11.1. The van der Waals surface area contributed by atoms with Gasteiger partial charge in [0.1, 0.15) is 0 Å². The highest BCUT2D eigenvalue weighted by Crippen LogP contribution is 2.58. The van der Waals surface area contributed by atoms with Crippen molar-refractivity contribution in [3.05, 3.63) is 41.6 Å². The van der Waals surface area contributed by atoms with Gasteiger partial charge in [-0.25, -0.2) is 8.78 Å². The quantitative estimate of drug-likeness (QED) is 0.361. The highest BCUT2D eigenvalue weighted by molar-refractivity contribution is 5.94. The summed E-state index contributed by atoms with van der Waals surface area (Å²) in [5.74, 6) is -4.49. The summed E-state index contributed by atoms with van der Waals surface area (Å²) in [4.78, 5) is 26.5. The van der Waals surface area contributed by atoms with Crippen molar-refractivity contribution in [2.45, 2.75) is 75.5 Å². The summed E-state index contributed by atoms with van der Waals surface area (Å²) in [6.07, 6.45) is -1.15. The lowest BCUT2D eigenvalue weighted by Gasteiger charge is -2.60. The molecule has 1 saturated heterocycles. The third-order valence-electron chi connectivity index (χ3n) is 8.44. The summed E-state index contributed by atoms with van der Waals surface area (Å²) in [5, 5.41) is 16.4. The first kappa shape index (κ1) is 30.2. The van der Waals surface area contributed by atoms with E-state index in [1.165, 1.54) is 28.9 Å². The molecule has 1 amide bonds. The van der Waals surface area contributed by atoms with Gasteiger partial charge in [0, 0.05) is 37.7 Å². The SMILES string of the molecule is Cl.O=C(O)CC(CCN1CC2(CCC2(F)F)C1)NC(=O)c1cc(-c2ccccc2C(F)(F)F)n(C2CCCC2)n1. The second-order valence-corrected chi connectivity index (χ2v) is 11.1. The zero-order valence-electron chi connectivity index (χ0n) is 21.7. The third kappa shape index (κ3) is 5.83. The molecule has 1 aromatic heterocycles. The molecule has 1 aromatic carbocycles. The summed E-state index contributed by atoms with van der Waals surface area (Å²) < 4.78 is 70.6. The van der Waals surface area contributed by atoms with Crippen molar-refractivity contribution in [2.24, 2.45) is 5.41 Å². The van der Waals surface area contributed by atoms with Crippen molar-refractivity contribution in [1.82, 2.24) is 20.0 Å². The molecular weight excluding hydrogens is 559 g/mol. The minimum atomic E-state index is -4.60. The van der Waals surface area contributed by atoms with Crippen molar-refractivity contribution in [1.29, 1.82) is 0 Å². The molecule has 2 N–H and O–H groups in total. The van der Waals surface area contributed by atoms with Crippen molar-refractivity contribution in [3.8, 4) is 11.3 Å². The second kappa shape index (κ2) is 11.3. The predicted molar refractivity (Wildman–Crippen MR) is 139 cm³/mol. The van der Waals surface area contributed by atoms with Crippen LogP contribution in [-0.4, -0.2) is 63.3 Å². The van der Waals surface area contributed by atoms with Gasteiger partial charge in [0.25, 0.3) is 11.8 Å². The number of benzene rings is 1. The maximum absolute atomic E-state index is 13.9. The molecule has 2 aromatic rings. The number of likely N-dealkylation sites (tertiary alicyclic amines) is 1. The number of amides is 1. The molecule has 0 bridgehead atoms. The molecule has 40 heavy (non-hydrogen) atoms. The lowest BCUT2D eigenvalue weighted by atomic mass is 9.60. The fourth-order valence-electron chi connectivity index (χ4n) is 6.15. The molecular formula is C27H32ClF5N4O3. The Morgan fingerprint density at radius 2 is 1.80 bits per heavy atom. The number of nitrogens with one attached hydrogen (secondary N) is 1. The van der Waals surface area contributed by atoms with Crippen molar-refractivity contribution < 1.29 is 36.6 Å². The molecule has 220 valence electrons. The molecule has 0 radical (unpaired) electrons. The summed E-state index contributed by atoms with van der Waals surface area (Å²) in [7, 11) is 0. The van der Waals surface area contributed by atoms with Crippen LogP contribution in [0.1, 0.15) is 73.5 Å². The minimum absolute atomic E-state index is 0. The van der Waals surface area contributed by atoms with E-state index in [0.717, 1.165) is 31.7 Å². The molecule has 7 nitrogen and oxygen atoms in total. The van der Waals surface area contributed by atoms with Crippen molar-refractivity contribution >= 4 is 24.3 Å². The van der Waals surface area contributed by atoms with E-state index in [1.807, 2.05) is 4.90 Å². The summed E-state index contributed by atoms with van der Waals surface area (Å²) in [6.45, 7) is 0.819. The average molecular weight is 591 g/mol. The molecule has 5 rings (SSSR count). The maximum atomic E-state index is 13.9. The van der Waals surface area contributed by atoms with E-state index in [1.54, 1.807) is 0 Å². The van der Waals surface area contributed by atoms with Crippen LogP contribution in [0.15, 0.2) is 30.3 Å². The molecule has 2 saturated carbocycles. The summed E-state index contributed by atoms with van der Waals surface area (Å²) >= 11 is 0. The Morgan fingerprint density at radius 1 is 1.12 bits per heavy atom. The number of halogens is 6. The van der Waals surface area contributed by atoms with Crippen LogP contribution < -0.4 is 5.32 Å². The molecule has 1 atom stereocenters. The highest BCUT2D eigenvalue weighted by atomic mass is 35.5. The fourth-order valence-corrected chi connectivity index (χ4v) is 6.15. The number of carbonyl (C=O) groups is 2. The van der Waals surface area contributed by atoms with Crippen LogP contribution in [0.4, 0.5) is 22.0 Å². The van der Waals surface area contributed by atoms with E-state index in [4.69, 9.17) is 0 Å². The highest BCUT2D eigenvalue weighted by Gasteiger charge is 2.66. The Morgan fingerprint density at radius 3 is 2.38 bits per heavy atom. The first-order chi connectivity index (χ1) is 18.4. The Kier molecular flexibility index (Phi) is 8.52. The van der Waals surface area contributed by atoms with E-state index < -0.39 is 41.0 Å². The molecule has 1 unspecified atom stereocenters. The van der Waals surface area contributed by atoms with Gasteiger partial charge in [0.2, 0.25) is 0 Å². The van der Waals surface area contributed by atoms with Gasteiger partial charge in [-0.05, 0) is 37.8 Å². The fraction of sp³-hybridized carbons (Fsp3) is 0.593. The van der Waals surface area contributed by atoms with Crippen LogP contribution in [0, 0.1) is 5.41 Å². The van der Waals surface area contributed by atoms with Gasteiger partial charge in [0.15, 0.2) is 5.69 Å². The number of rotatable bonds is 9. The number of alkyl halides is 5. The lowest BCUT2D eigenvalue weighted by Crippen LogP contribution is -2.70. The van der Waals surface area contributed by atoms with Crippen LogP contribution in [0.5, 0.6) is 0 Å². The van der Waals surface area contributed by atoms with E-state index >= 15 is 0 Å². The number of hydrogen-bond acceptors (Lipinski definition) is 4. The van der Waals surface area contributed by atoms with Crippen LogP contribution in [0.25, 0.3) is 11.3 Å². The van der Waals surface area contributed by atoms with Gasteiger partial charge in [0.05, 0.1) is 29.1 Å². The first-order valence-corrected chi connectivity index (χ1v) is 13.3. The molecule has 3 aliphatic rings. The third-order valence-corrected chi connectivity index (χ3v) is 8.44. The monoisotopic (exact) mass is 590 g/mol. The average Bonchev–Trinajstić information content (AvgIpc) is 3.51. The number of carboxylic acid groups (broad SMARTS) is 1. The molecule has 13 heteroatoms. The number of carbonyl (C=O) groups excluding carboxylic acids is 1. The number of aromatic nitrogens is 2. The number of carboxylic acids is 1. The smallest absolute Gasteiger partial charge is 0.417 e. The van der Waals surface area contributed by atoms with Gasteiger partial charge < -0.3 is 15.3 Å². The largest absolute Gasteiger partial charge is 0.481 e. The number of nitrogens with zero attached hydrogens (tertiary/aromatic N) is 3. The lowest BCUT2D eigenvalue weighted by molar-refractivity contribution is -0.258. The van der Waals surface area contributed by atoms with E-state index in [0.29, 0.717) is 13.0 Å². The molecule has 2 heterocycles. The van der Waals surface area contributed by atoms with Gasteiger partial charge in [-0.2, -0.15) is 18.3 Å². The van der Waals surface area contributed by atoms with Gasteiger partial charge in [-0.1, -0.05) is 31.0 Å². The van der Waals surface area contributed by atoms with Gasteiger partial charge >= 0.3 is 12.1 Å². The zero-order chi connectivity index (χ0) is 28.0. The molecule has 3 fully saturated rings. The Balaban J connectivity index is 0.00000370. The summed E-state index contributed by atoms with van der Waals surface area (Å²) in [6, 6.07) is 5.53.